The first-order valence-electron chi connectivity index (χ1n) is 8.62. The van der Waals surface area contributed by atoms with E-state index in [9.17, 15) is 0 Å². The smallest absolute Gasteiger partial charge is 0.0524 e. The molecule has 1 aliphatic carbocycles. The number of benzene rings is 1. The van der Waals surface area contributed by atoms with Crippen LogP contribution in [0.4, 0.5) is 5.69 Å². The average Bonchev–Trinajstić information content (AvgIpc) is 2.71. The molecule has 1 aromatic carbocycles. The summed E-state index contributed by atoms with van der Waals surface area (Å²) in [5.74, 6) is 0. The van der Waals surface area contributed by atoms with E-state index in [2.05, 4.69) is 43.0 Å². The largest absolute Gasteiger partial charge is 0.364 e. The van der Waals surface area contributed by atoms with Crippen LogP contribution in [0.3, 0.4) is 0 Å². The van der Waals surface area contributed by atoms with Crippen molar-refractivity contribution in [3.05, 3.63) is 29.8 Å². The Morgan fingerprint density at radius 3 is 2.48 bits per heavy atom. The predicted octanol–water partition coefficient (Wildman–Crippen LogP) is 4.13. The molecule has 1 saturated carbocycles. The molecule has 1 aliphatic heterocycles. The third-order valence-electron chi connectivity index (χ3n) is 5.85. The van der Waals surface area contributed by atoms with Gasteiger partial charge in [0.25, 0.3) is 0 Å². The lowest BCUT2D eigenvalue weighted by Crippen LogP contribution is -2.57. The topological polar surface area (TPSA) is 29.3 Å². The molecule has 0 aromatic heterocycles. The van der Waals surface area contributed by atoms with E-state index in [0.717, 1.165) is 6.54 Å². The number of hydrogen-bond acceptors (Lipinski definition) is 2. The van der Waals surface area contributed by atoms with Crippen LogP contribution in [0.1, 0.15) is 57.9 Å². The average molecular weight is 286 g/mol. The van der Waals surface area contributed by atoms with Crippen molar-refractivity contribution in [3.63, 3.8) is 0 Å². The Kier molecular flexibility index (Phi) is 4.00. The maximum Gasteiger partial charge on any atom is 0.0524 e. The Morgan fingerprint density at radius 2 is 1.76 bits per heavy atom. The van der Waals surface area contributed by atoms with Gasteiger partial charge in [-0.2, -0.15) is 0 Å². The number of fused-ring (bicyclic) bond motifs is 1. The molecule has 0 amide bonds. The lowest BCUT2D eigenvalue weighted by Gasteiger charge is -2.51. The summed E-state index contributed by atoms with van der Waals surface area (Å²) in [6.07, 6.45) is 8.89. The first-order valence-corrected chi connectivity index (χ1v) is 8.62. The van der Waals surface area contributed by atoms with Crippen LogP contribution >= 0.6 is 0 Å². The summed E-state index contributed by atoms with van der Waals surface area (Å²) in [5.41, 5.74) is 9.98. The molecule has 2 N–H and O–H groups in total. The number of anilines is 1. The molecule has 116 valence electrons. The second kappa shape index (κ2) is 5.64. The standard InChI is InChI=1S/C19H30N2/c1-18(2)10-12-19(15-20,13-11-18)21-14-6-5-8-16-7-3-4-9-17(16)21/h3-4,7,9H,5-6,8,10-15,20H2,1-2H3. The van der Waals surface area contributed by atoms with Gasteiger partial charge < -0.3 is 10.6 Å². The van der Waals surface area contributed by atoms with E-state index in [4.69, 9.17) is 5.73 Å². The van der Waals surface area contributed by atoms with Crippen molar-refractivity contribution in [2.75, 3.05) is 18.0 Å². The van der Waals surface area contributed by atoms with Crippen LogP contribution in [-0.4, -0.2) is 18.6 Å². The lowest BCUT2D eigenvalue weighted by atomic mass is 9.68. The Morgan fingerprint density at radius 1 is 1.05 bits per heavy atom. The third kappa shape index (κ3) is 2.83. The molecule has 0 radical (unpaired) electrons. The summed E-state index contributed by atoms with van der Waals surface area (Å²) < 4.78 is 0. The van der Waals surface area contributed by atoms with Crippen LogP contribution in [0.25, 0.3) is 0 Å². The highest BCUT2D eigenvalue weighted by atomic mass is 15.2. The van der Waals surface area contributed by atoms with Crippen molar-refractivity contribution in [1.29, 1.82) is 0 Å². The maximum absolute atomic E-state index is 6.32. The first kappa shape index (κ1) is 14.9. The minimum atomic E-state index is 0.190. The Bertz CT molecular complexity index is 482. The van der Waals surface area contributed by atoms with E-state index in [1.54, 1.807) is 0 Å². The summed E-state index contributed by atoms with van der Waals surface area (Å²) in [6, 6.07) is 9.00. The van der Waals surface area contributed by atoms with Crippen LogP contribution in [0.15, 0.2) is 24.3 Å². The zero-order valence-electron chi connectivity index (χ0n) is 13.7. The summed E-state index contributed by atoms with van der Waals surface area (Å²) >= 11 is 0. The number of nitrogens with two attached hydrogens (primary N) is 1. The van der Waals surface area contributed by atoms with Crippen LogP contribution in [-0.2, 0) is 6.42 Å². The molecule has 2 heteroatoms. The minimum absolute atomic E-state index is 0.190. The Balaban J connectivity index is 1.94. The lowest BCUT2D eigenvalue weighted by molar-refractivity contribution is 0.161. The van der Waals surface area contributed by atoms with E-state index >= 15 is 0 Å². The van der Waals surface area contributed by atoms with Gasteiger partial charge in [0.05, 0.1) is 5.54 Å². The van der Waals surface area contributed by atoms with Gasteiger partial charge in [-0.25, -0.2) is 0 Å². The molecule has 0 unspecified atom stereocenters. The molecule has 0 saturated heterocycles. The zero-order valence-corrected chi connectivity index (χ0v) is 13.7. The molecule has 1 heterocycles. The van der Waals surface area contributed by atoms with E-state index in [-0.39, 0.29) is 5.54 Å². The first-order chi connectivity index (χ1) is 10.1. The molecule has 1 aromatic rings. The molecule has 0 atom stereocenters. The molecule has 2 aliphatic rings. The van der Waals surface area contributed by atoms with Gasteiger partial charge in [-0.15, -0.1) is 0 Å². The molecular weight excluding hydrogens is 256 g/mol. The van der Waals surface area contributed by atoms with Crippen molar-refractivity contribution < 1.29 is 0 Å². The van der Waals surface area contributed by atoms with Gasteiger partial charge in [-0.3, -0.25) is 0 Å². The fourth-order valence-corrected chi connectivity index (χ4v) is 4.16. The van der Waals surface area contributed by atoms with Crippen molar-refractivity contribution in [2.24, 2.45) is 11.1 Å². The summed E-state index contributed by atoms with van der Waals surface area (Å²) in [4.78, 5) is 2.69. The third-order valence-corrected chi connectivity index (χ3v) is 5.85. The van der Waals surface area contributed by atoms with Gasteiger partial charge in [-0.1, -0.05) is 32.0 Å². The number of nitrogens with zero attached hydrogens (tertiary/aromatic N) is 1. The number of hydrogen-bond donors (Lipinski definition) is 1. The molecular formula is C19H30N2. The van der Waals surface area contributed by atoms with Gasteiger partial charge in [-0.05, 0) is 62.0 Å². The van der Waals surface area contributed by atoms with Crippen LogP contribution in [0, 0.1) is 5.41 Å². The SMILES string of the molecule is CC1(C)CCC(CN)(N2CCCCc3ccccc32)CC1. The fourth-order valence-electron chi connectivity index (χ4n) is 4.16. The molecule has 2 nitrogen and oxygen atoms in total. The number of aryl methyl sites for hydroxylation is 1. The molecule has 0 spiro atoms. The second-order valence-corrected chi connectivity index (χ2v) is 7.83. The highest BCUT2D eigenvalue weighted by Crippen LogP contribution is 2.45. The maximum atomic E-state index is 6.32. The van der Waals surface area contributed by atoms with Gasteiger partial charge >= 0.3 is 0 Å². The predicted molar refractivity (Wildman–Crippen MR) is 90.8 cm³/mol. The second-order valence-electron chi connectivity index (χ2n) is 7.83. The molecule has 21 heavy (non-hydrogen) atoms. The number of rotatable bonds is 2. The van der Waals surface area contributed by atoms with Crippen molar-refractivity contribution in [3.8, 4) is 0 Å². The van der Waals surface area contributed by atoms with Crippen LogP contribution in [0.5, 0.6) is 0 Å². The van der Waals surface area contributed by atoms with Crippen molar-refractivity contribution in [1.82, 2.24) is 0 Å². The minimum Gasteiger partial charge on any atom is -0.364 e. The molecule has 0 bridgehead atoms. The zero-order chi connectivity index (χ0) is 14.9. The normalized spacial score (nSPS) is 24.2. The number of para-hydroxylation sites is 1. The quantitative estimate of drug-likeness (QED) is 0.886. The van der Waals surface area contributed by atoms with E-state index in [0.29, 0.717) is 5.41 Å². The van der Waals surface area contributed by atoms with Crippen LogP contribution < -0.4 is 10.6 Å². The molecule has 3 rings (SSSR count). The van der Waals surface area contributed by atoms with E-state index in [1.807, 2.05) is 0 Å². The fraction of sp³-hybridized carbons (Fsp3) is 0.684. The monoisotopic (exact) mass is 286 g/mol. The van der Waals surface area contributed by atoms with Crippen molar-refractivity contribution >= 4 is 5.69 Å². The highest BCUT2D eigenvalue weighted by molar-refractivity contribution is 5.57. The van der Waals surface area contributed by atoms with Gasteiger partial charge in [0.1, 0.15) is 0 Å². The van der Waals surface area contributed by atoms with Gasteiger partial charge in [0.15, 0.2) is 0 Å². The van der Waals surface area contributed by atoms with E-state index < -0.39 is 0 Å². The summed E-state index contributed by atoms with van der Waals surface area (Å²) in [6.45, 7) is 6.78. The van der Waals surface area contributed by atoms with Gasteiger partial charge in [0.2, 0.25) is 0 Å². The van der Waals surface area contributed by atoms with E-state index in [1.165, 1.54) is 62.7 Å². The molecule has 1 fully saturated rings. The highest BCUT2D eigenvalue weighted by Gasteiger charge is 2.42. The summed E-state index contributed by atoms with van der Waals surface area (Å²) in [7, 11) is 0. The Hall–Kier alpha value is -1.02. The Labute approximate surface area is 129 Å². The van der Waals surface area contributed by atoms with Crippen LogP contribution in [0.2, 0.25) is 0 Å². The van der Waals surface area contributed by atoms with Crippen molar-refractivity contribution in [2.45, 2.75) is 64.3 Å². The summed E-state index contributed by atoms with van der Waals surface area (Å²) in [5, 5.41) is 0. The van der Waals surface area contributed by atoms with Gasteiger partial charge in [0, 0.05) is 18.8 Å².